The van der Waals surface area contributed by atoms with Crippen molar-refractivity contribution in [2.24, 2.45) is 0 Å². The SMILES string of the molecule is C#CCC(C)(CC)Oc1ccc(C(C)(C)c2cccc(C(C)(C)c3ccc(Oc4cc(C(C)(C)CC)ccc4C#N)cc3)c2)cc1. The smallest absolute Gasteiger partial charge is 0.145 e. The van der Waals surface area contributed by atoms with Gasteiger partial charge in [0.05, 0.1) is 5.56 Å². The summed E-state index contributed by atoms with van der Waals surface area (Å²) < 4.78 is 12.6. The van der Waals surface area contributed by atoms with Crippen LogP contribution in [0, 0.1) is 23.7 Å². The van der Waals surface area contributed by atoms with Crippen molar-refractivity contribution in [1.29, 1.82) is 5.26 Å². The predicted octanol–water partition coefficient (Wildman–Crippen LogP) is 11.3. The van der Waals surface area contributed by atoms with Crippen LogP contribution in [0.3, 0.4) is 0 Å². The van der Waals surface area contributed by atoms with Crippen molar-refractivity contribution in [3.8, 4) is 35.7 Å². The van der Waals surface area contributed by atoms with E-state index in [9.17, 15) is 5.26 Å². The number of terminal acetylenes is 1. The number of nitrogens with zero attached hydrogens (tertiary/aromatic N) is 1. The van der Waals surface area contributed by atoms with E-state index in [1.54, 1.807) is 0 Å². The molecule has 4 rings (SSSR count). The summed E-state index contributed by atoms with van der Waals surface area (Å²) in [4.78, 5) is 0. The first kappa shape index (κ1) is 34.4. The van der Waals surface area contributed by atoms with Crippen LogP contribution in [-0.2, 0) is 16.2 Å². The van der Waals surface area contributed by atoms with Crippen molar-refractivity contribution in [3.63, 3.8) is 0 Å². The van der Waals surface area contributed by atoms with Gasteiger partial charge in [0.1, 0.15) is 28.9 Å². The van der Waals surface area contributed by atoms with Gasteiger partial charge in [-0.15, -0.1) is 12.3 Å². The number of nitriles is 1. The summed E-state index contributed by atoms with van der Waals surface area (Å²) in [6.07, 6.45) is 8.00. The largest absolute Gasteiger partial charge is 0.487 e. The van der Waals surface area contributed by atoms with E-state index >= 15 is 0 Å². The van der Waals surface area contributed by atoms with Crippen LogP contribution in [0.4, 0.5) is 0 Å². The summed E-state index contributed by atoms with van der Waals surface area (Å²) in [5.41, 5.74) is 5.75. The zero-order valence-corrected chi connectivity index (χ0v) is 29.1. The van der Waals surface area contributed by atoms with Crippen LogP contribution in [0.2, 0.25) is 0 Å². The number of hydrogen-bond donors (Lipinski definition) is 0. The fourth-order valence-electron chi connectivity index (χ4n) is 5.69. The van der Waals surface area contributed by atoms with Crippen LogP contribution in [0.5, 0.6) is 17.2 Å². The number of ether oxygens (including phenoxy) is 2. The molecule has 238 valence electrons. The molecule has 0 spiro atoms. The van der Waals surface area contributed by atoms with Gasteiger partial charge in [-0.3, -0.25) is 0 Å². The molecule has 0 aliphatic rings. The summed E-state index contributed by atoms with van der Waals surface area (Å²) >= 11 is 0. The quantitative estimate of drug-likeness (QED) is 0.150. The Labute approximate surface area is 277 Å². The third-order valence-electron chi connectivity index (χ3n) is 10.0. The van der Waals surface area contributed by atoms with Crippen molar-refractivity contribution in [2.75, 3.05) is 0 Å². The Morgan fingerprint density at radius 2 is 1.15 bits per heavy atom. The lowest BCUT2D eigenvalue weighted by Gasteiger charge is -2.31. The molecule has 0 aromatic heterocycles. The Hall–Kier alpha value is -4.47. The van der Waals surface area contributed by atoms with E-state index in [4.69, 9.17) is 15.9 Å². The summed E-state index contributed by atoms with van der Waals surface area (Å²) in [6, 6.07) is 33.8. The Balaban J connectivity index is 1.56. The van der Waals surface area contributed by atoms with Gasteiger partial charge < -0.3 is 9.47 Å². The monoisotopic (exact) mass is 611 g/mol. The van der Waals surface area contributed by atoms with Gasteiger partial charge in [0.25, 0.3) is 0 Å². The Morgan fingerprint density at radius 1 is 0.630 bits per heavy atom. The Bertz CT molecular complexity index is 1730. The van der Waals surface area contributed by atoms with Gasteiger partial charge in [-0.05, 0) is 89.4 Å². The molecule has 0 saturated heterocycles. The summed E-state index contributed by atoms with van der Waals surface area (Å²) in [5.74, 6) is 4.89. The molecule has 0 N–H and O–H groups in total. The van der Waals surface area contributed by atoms with Crippen molar-refractivity contribution in [2.45, 2.75) is 103 Å². The molecule has 0 bridgehead atoms. The lowest BCUT2D eigenvalue weighted by atomic mass is 9.73. The molecular weight excluding hydrogens is 562 g/mol. The highest BCUT2D eigenvalue weighted by molar-refractivity contribution is 5.50. The van der Waals surface area contributed by atoms with Gasteiger partial charge in [0, 0.05) is 17.3 Å². The molecule has 1 unspecified atom stereocenters. The fourth-order valence-corrected chi connectivity index (χ4v) is 5.69. The second kappa shape index (κ2) is 13.5. The highest BCUT2D eigenvalue weighted by atomic mass is 16.5. The fraction of sp³-hybridized carbons (Fsp3) is 0.372. The molecule has 3 heteroatoms. The molecule has 0 amide bonds. The molecule has 3 nitrogen and oxygen atoms in total. The van der Waals surface area contributed by atoms with Gasteiger partial charge in [0.2, 0.25) is 0 Å². The normalized spacial score (nSPS) is 13.3. The summed E-state index contributed by atoms with van der Waals surface area (Å²) in [7, 11) is 0. The third kappa shape index (κ3) is 7.32. The molecule has 0 heterocycles. The highest BCUT2D eigenvalue weighted by Gasteiger charge is 2.29. The molecule has 0 fully saturated rings. The van der Waals surface area contributed by atoms with Crippen LogP contribution < -0.4 is 9.47 Å². The molecule has 0 aliphatic heterocycles. The van der Waals surface area contributed by atoms with Crippen LogP contribution in [0.1, 0.15) is 115 Å². The molecule has 0 saturated carbocycles. The summed E-state index contributed by atoms with van der Waals surface area (Å²) in [6.45, 7) is 19.8. The van der Waals surface area contributed by atoms with Gasteiger partial charge in [0.15, 0.2) is 0 Å². The number of hydrogen-bond acceptors (Lipinski definition) is 3. The zero-order valence-electron chi connectivity index (χ0n) is 29.1. The first-order valence-electron chi connectivity index (χ1n) is 16.4. The zero-order chi connectivity index (χ0) is 33.8. The maximum absolute atomic E-state index is 9.72. The number of rotatable bonds is 12. The predicted molar refractivity (Wildman–Crippen MR) is 191 cm³/mol. The average molecular weight is 612 g/mol. The van der Waals surface area contributed by atoms with E-state index in [2.05, 4.69) is 135 Å². The maximum Gasteiger partial charge on any atom is 0.145 e. The summed E-state index contributed by atoms with van der Waals surface area (Å²) in [5, 5.41) is 9.72. The average Bonchev–Trinajstić information content (AvgIpc) is 3.05. The van der Waals surface area contributed by atoms with Crippen LogP contribution in [0.15, 0.2) is 91.0 Å². The number of benzene rings is 4. The molecule has 0 aliphatic carbocycles. The molecule has 4 aromatic carbocycles. The van der Waals surface area contributed by atoms with Crippen LogP contribution in [-0.4, -0.2) is 5.60 Å². The van der Waals surface area contributed by atoms with E-state index < -0.39 is 0 Å². The first-order chi connectivity index (χ1) is 21.7. The second-order valence-electron chi connectivity index (χ2n) is 14.3. The van der Waals surface area contributed by atoms with Crippen molar-refractivity contribution >= 4 is 0 Å². The van der Waals surface area contributed by atoms with Gasteiger partial charge in [-0.2, -0.15) is 5.26 Å². The van der Waals surface area contributed by atoms with Crippen molar-refractivity contribution in [3.05, 3.63) is 124 Å². The molecule has 1 atom stereocenters. The van der Waals surface area contributed by atoms with Gasteiger partial charge >= 0.3 is 0 Å². The van der Waals surface area contributed by atoms with Crippen LogP contribution >= 0.6 is 0 Å². The van der Waals surface area contributed by atoms with E-state index in [1.165, 1.54) is 22.3 Å². The van der Waals surface area contributed by atoms with E-state index in [-0.39, 0.29) is 21.8 Å². The van der Waals surface area contributed by atoms with Crippen molar-refractivity contribution in [1.82, 2.24) is 0 Å². The van der Waals surface area contributed by atoms with E-state index in [1.807, 2.05) is 30.3 Å². The first-order valence-corrected chi connectivity index (χ1v) is 16.4. The maximum atomic E-state index is 9.72. The Morgan fingerprint density at radius 3 is 1.63 bits per heavy atom. The minimum Gasteiger partial charge on any atom is -0.487 e. The lowest BCUT2D eigenvalue weighted by molar-refractivity contribution is 0.0900. The minimum atomic E-state index is -0.369. The third-order valence-corrected chi connectivity index (χ3v) is 10.0. The topological polar surface area (TPSA) is 42.2 Å². The van der Waals surface area contributed by atoms with E-state index in [0.29, 0.717) is 23.5 Å². The van der Waals surface area contributed by atoms with Gasteiger partial charge in [-0.1, -0.05) is 110 Å². The molecular formula is C43H49NO2. The Kier molecular flexibility index (Phi) is 10.1. The lowest BCUT2D eigenvalue weighted by Crippen LogP contribution is -2.31. The minimum absolute atomic E-state index is 0.0000823. The van der Waals surface area contributed by atoms with Crippen LogP contribution in [0.25, 0.3) is 0 Å². The van der Waals surface area contributed by atoms with Gasteiger partial charge in [-0.25, -0.2) is 0 Å². The van der Waals surface area contributed by atoms with E-state index in [0.717, 1.165) is 24.2 Å². The van der Waals surface area contributed by atoms with Crippen molar-refractivity contribution < 1.29 is 9.47 Å². The standard InChI is InChI=1S/C43H49NO2/c1-11-27-43(10,13-3)46-38-25-21-33(22-26-38)42(8,9)36-16-14-15-35(28-36)41(6,7)32-19-23-37(24-20-32)45-39-29-34(40(4,5)12-2)18-17-31(39)30-44/h1,14-26,28-29H,12-13,27H2,2-10H3. The second-order valence-corrected chi connectivity index (χ2v) is 14.3. The molecule has 46 heavy (non-hydrogen) atoms. The highest BCUT2D eigenvalue weighted by Crippen LogP contribution is 2.39. The molecule has 0 radical (unpaired) electrons. The molecule has 4 aromatic rings.